The summed E-state index contributed by atoms with van der Waals surface area (Å²) in [6, 6.07) is 14.9. The summed E-state index contributed by atoms with van der Waals surface area (Å²) in [6.45, 7) is 7.90. The Morgan fingerprint density at radius 3 is 2.28 bits per heavy atom. The lowest BCUT2D eigenvalue weighted by molar-refractivity contribution is 0.0955. The Morgan fingerprint density at radius 1 is 1.03 bits per heavy atom. The highest BCUT2D eigenvalue weighted by Crippen LogP contribution is 2.13. The first-order valence-electron chi connectivity index (χ1n) is 9.74. The van der Waals surface area contributed by atoms with Gasteiger partial charge in [0.2, 0.25) is 0 Å². The molecular formula is C22H31IN4O2. The molecule has 0 fully saturated rings. The zero-order valence-electron chi connectivity index (χ0n) is 17.2. The van der Waals surface area contributed by atoms with E-state index < -0.39 is 0 Å². The SMILES string of the molecule is CCNC(=NCCNC(=O)c1ccc(O)cc1)NC(C)c1ccc(CC)cc1.I. The number of aliphatic imine (C=N–C) groups is 1. The van der Waals surface area contributed by atoms with Gasteiger partial charge >= 0.3 is 0 Å². The lowest BCUT2D eigenvalue weighted by Crippen LogP contribution is -2.39. The van der Waals surface area contributed by atoms with Gasteiger partial charge in [0.25, 0.3) is 5.91 Å². The molecule has 29 heavy (non-hydrogen) atoms. The molecule has 0 radical (unpaired) electrons. The molecule has 4 N–H and O–H groups in total. The Kier molecular flexibility index (Phi) is 11.1. The zero-order valence-corrected chi connectivity index (χ0v) is 19.6. The van der Waals surface area contributed by atoms with Crippen molar-refractivity contribution in [3.63, 3.8) is 0 Å². The molecule has 0 aliphatic carbocycles. The number of aryl methyl sites for hydroxylation is 1. The van der Waals surface area contributed by atoms with Gasteiger partial charge in [-0.15, -0.1) is 24.0 Å². The van der Waals surface area contributed by atoms with Gasteiger partial charge < -0.3 is 21.1 Å². The van der Waals surface area contributed by atoms with E-state index >= 15 is 0 Å². The molecule has 2 aromatic carbocycles. The van der Waals surface area contributed by atoms with E-state index in [0.29, 0.717) is 24.6 Å². The molecule has 1 amide bonds. The second kappa shape index (κ2) is 13.0. The van der Waals surface area contributed by atoms with Crippen molar-refractivity contribution in [2.24, 2.45) is 4.99 Å². The highest BCUT2D eigenvalue weighted by molar-refractivity contribution is 14.0. The Labute approximate surface area is 190 Å². The first-order chi connectivity index (χ1) is 13.5. The number of benzene rings is 2. The van der Waals surface area contributed by atoms with E-state index in [-0.39, 0.29) is 41.7 Å². The largest absolute Gasteiger partial charge is 0.508 e. The third-order valence-electron chi connectivity index (χ3n) is 4.38. The standard InChI is InChI=1S/C22H30N4O2.HI/c1-4-17-6-8-18(9-7-17)16(3)26-22(23-5-2)25-15-14-24-21(28)19-10-12-20(27)13-11-19;/h6-13,16,27H,4-5,14-15H2,1-3H3,(H,24,28)(H2,23,25,26);1H. The van der Waals surface area contributed by atoms with Gasteiger partial charge in [-0.2, -0.15) is 0 Å². The number of carbonyl (C=O) groups excluding carboxylic acids is 1. The zero-order chi connectivity index (χ0) is 20.4. The van der Waals surface area contributed by atoms with E-state index in [4.69, 9.17) is 0 Å². The van der Waals surface area contributed by atoms with Crippen LogP contribution in [-0.2, 0) is 6.42 Å². The molecular weight excluding hydrogens is 479 g/mol. The molecule has 0 heterocycles. The second-order valence-corrected chi connectivity index (χ2v) is 6.52. The summed E-state index contributed by atoms with van der Waals surface area (Å²) in [5.74, 6) is 0.673. The van der Waals surface area contributed by atoms with E-state index in [2.05, 4.69) is 59.1 Å². The molecule has 1 unspecified atom stereocenters. The van der Waals surface area contributed by atoms with Crippen molar-refractivity contribution in [1.82, 2.24) is 16.0 Å². The summed E-state index contributed by atoms with van der Waals surface area (Å²) in [5, 5.41) is 18.7. The molecule has 6 nitrogen and oxygen atoms in total. The molecule has 0 spiro atoms. The molecule has 0 aromatic heterocycles. The van der Waals surface area contributed by atoms with Gasteiger partial charge in [0.1, 0.15) is 5.75 Å². The van der Waals surface area contributed by atoms with Crippen LogP contribution in [0.2, 0.25) is 0 Å². The van der Waals surface area contributed by atoms with Crippen molar-refractivity contribution in [3.8, 4) is 5.75 Å². The van der Waals surface area contributed by atoms with Crippen LogP contribution >= 0.6 is 24.0 Å². The highest BCUT2D eigenvalue weighted by atomic mass is 127. The van der Waals surface area contributed by atoms with E-state index in [1.807, 2.05) is 6.92 Å². The Hall–Kier alpha value is -2.29. The van der Waals surface area contributed by atoms with Gasteiger partial charge in [0, 0.05) is 18.7 Å². The predicted molar refractivity (Wildman–Crippen MR) is 129 cm³/mol. The summed E-state index contributed by atoms with van der Waals surface area (Å²) >= 11 is 0. The monoisotopic (exact) mass is 510 g/mol. The first kappa shape index (κ1) is 24.7. The fraction of sp³-hybridized carbons (Fsp3) is 0.364. The first-order valence-corrected chi connectivity index (χ1v) is 9.74. The fourth-order valence-corrected chi connectivity index (χ4v) is 2.70. The molecule has 0 aliphatic heterocycles. The summed E-state index contributed by atoms with van der Waals surface area (Å²) in [7, 11) is 0. The van der Waals surface area contributed by atoms with Crippen LogP contribution in [0.5, 0.6) is 5.75 Å². The number of rotatable bonds is 8. The Bertz CT molecular complexity index is 776. The smallest absolute Gasteiger partial charge is 0.251 e. The topological polar surface area (TPSA) is 85.8 Å². The molecule has 2 rings (SSSR count). The molecule has 0 saturated carbocycles. The molecule has 0 bridgehead atoms. The number of halogens is 1. The van der Waals surface area contributed by atoms with E-state index in [1.54, 1.807) is 12.1 Å². The number of hydrogen-bond donors (Lipinski definition) is 4. The quantitative estimate of drug-likeness (QED) is 0.189. The van der Waals surface area contributed by atoms with Crippen LogP contribution in [0.15, 0.2) is 53.5 Å². The molecule has 7 heteroatoms. The summed E-state index contributed by atoms with van der Waals surface area (Å²) in [4.78, 5) is 16.6. The van der Waals surface area contributed by atoms with Crippen LogP contribution in [0.25, 0.3) is 0 Å². The number of phenols is 1. The van der Waals surface area contributed by atoms with E-state index in [1.165, 1.54) is 23.3 Å². The van der Waals surface area contributed by atoms with Crippen molar-refractivity contribution in [2.75, 3.05) is 19.6 Å². The maximum atomic E-state index is 12.1. The van der Waals surface area contributed by atoms with Gasteiger partial charge in [-0.3, -0.25) is 9.79 Å². The lowest BCUT2D eigenvalue weighted by atomic mass is 10.1. The number of nitrogens with one attached hydrogen (secondary N) is 3. The minimum Gasteiger partial charge on any atom is -0.508 e. The summed E-state index contributed by atoms with van der Waals surface area (Å²) in [5.41, 5.74) is 3.03. The van der Waals surface area contributed by atoms with Crippen molar-refractivity contribution in [1.29, 1.82) is 0 Å². The van der Waals surface area contributed by atoms with Crippen LogP contribution < -0.4 is 16.0 Å². The van der Waals surface area contributed by atoms with Crippen molar-refractivity contribution >= 4 is 35.8 Å². The van der Waals surface area contributed by atoms with Gasteiger partial charge in [-0.05, 0) is 55.7 Å². The minimum absolute atomic E-state index is 0. The third kappa shape index (κ3) is 8.31. The fourth-order valence-electron chi connectivity index (χ4n) is 2.70. The van der Waals surface area contributed by atoms with Crippen LogP contribution in [0.4, 0.5) is 0 Å². The van der Waals surface area contributed by atoms with E-state index in [0.717, 1.165) is 13.0 Å². The van der Waals surface area contributed by atoms with Gasteiger partial charge in [-0.25, -0.2) is 0 Å². The molecule has 158 valence electrons. The Balaban J connectivity index is 0.00000420. The number of nitrogens with zero attached hydrogens (tertiary/aromatic N) is 1. The number of guanidine groups is 1. The molecule has 2 aromatic rings. The van der Waals surface area contributed by atoms with Gasteiger partial charge in [0.15, 0.2) is 5.96 Å². The van der Waals surface area contributed by atoms with Crippen LogP contribution in [0, 0.1) is 0 Å². The van der Waals surface area contributed by atoms with Crippen LogP contribution in [0.3, 0.4) is 0 Å². The molecule has 0 aliphatic rings. The minimum atomic E-state index is -0.183. The van der Waals surface area contributed by atoms with Crippen LogP contribution in [0.1, 0.15) is 48.3 Å². The third-order valence-corrected chi connectivity index (χ3v) is 4.38. The highest BCUT2D eigenvalue weighted by Gasteiger charge is 2.08. The Morgan fingerprint density at radius 2 is 1.69 bits per heavy atom. The number of hydrogen-bond acceptors (Lipinski definition) is 3. The number of aromatic hydroxyl groups is 1. The van der Waals surface area contributed by atoms with Crippen molar-refractivity contribution in [3.05, 3.63) is 65.2 Å². The van der Waals surface area contributed by atoms with Gasteiger partial charge in [-0.1, -0.05) is 31.2 Å². The molecule has 0 saturated heterocycles. The number of amides is 1. The predicted octanol–water partition coefficient (Wildman–Crippen LogP) is 3.62. The average Bonchev–Trinajstić information content (AvgIpc) is 2.71. The molecule has 1 atom stereocenters. The average molecular weight is 510 g/mol. The summed E-state index contributed by atoms with van der Waals surface area (Å²) in [6.07, 6.45) is 1.03. The van der Waals surface area contributed by atoms with E-state index in [9.17, 15) is 9.90 Å². The maximum Gasteiger partial charge on any atom is 0.251 e. The number of carbonyl (C=O) groups is 1. The van der Waals surface area contributed by atoms with Crippen LogP contribution in [-0.4, -0.2) is 36.6 Å². The summed E-state index contributed by atoms with van der Waals surface area (Å²) < 4.78 is 0. The normalized spacial score (nSPS) is 11.9. The van der Waals surface area contributed by atoms with Crippen molar-refractivity contribution in [2.45, 2.75) is 33.2 Å². The maximum absolute atomic E-state index is 12.1. The number of phenolic OH excluding ortho intramolecular Hbond substituents is 1. The lowest BCUT2D eigenvalue weighted by Gasteiger charge is -2.18. The van der Waals surface area contributed by atoms with Crippen molar-refractivity contribution < 1.29 is 9.90 Å². The van der Waals surface area contributed by atoms with Gasteiger partial charge in [0.05, 0.1) is 12.6 Å². The second-order valence-electron chi connectivity index (χ2n) is 6.52.